The molecule has 1 aliphatic heterocycles. The number of fused-ring (bicyclic) bond motifs is 1. The average Bonchev–Trinajstić information content (AvgIpc) is 2.50. The number of hydrogen-bond donors (Lipinski definition) is 2. The van der Waals surface area contributed by atoms with E-state index in [0.29, 0.717) is 12.5 Å². The quantitative estimate of drug-likeness (QED) is 0.884. The van der Waals surface area contributed by atoms with Gasteiger partial charge in [0.25, 0.3) is 0 Å². The Labute approximate surface area is 143 Å². The van der Waals surface area contributed by atoms with Crippen LogP contribution in [0.4, 0.5) is 0 Å². The minimum Gasteiger partial charge on any atom is -0.496 e. The molecule has 1 amide bonds. The lowest BCUT2D eigenvalue weighted by molar-refractivity contribution is -0.126. The number of methoxy groups -OCH3 is 1. The van der Waals surface area contributed by atoms with Gasteiger partial charge < -0.3 is 15.4 Å². The van der Waals surface area contributed by atoms with Gasteiger partial charge in [0.1, 0.15) is 5.75 Å². The van der Waals surface area contributed by atoms with Crippen LogP contribution in [0.1, 0.15) is 12.5 Å². The van der Waals surface area contributed by atoms with Crippen LogP contribution in [0.2, 0.25) is 0 Å². The molecule has 2 N–H and O–H groups in total. The van der Waals surface area contributed by atoms with Crippen LogP contribution in [0.5, 0.6) is 5.75 Å². The lowest BCUT2D eigenvalue weighted by Crippen LogP contribution is -2.49. The SMILES string of the molecule is COc1ccc2ccccc2c1CNC(=O)C(C)C1CNC1.Cl. The monoisotopic (exact) mass is 334 g/mol. The third kappa shape index (κ3) is 3.59. The van der Waals surface area contributed by atoms with Crippen LogP contribution in [0, 0.1) is 11.8 Å². The largest absolute Gasteiger partial charge is 0.496 e. The van der Waals surface area contributed by atoms with Crippen molar-refractivity contribution in [1.82, 2.24) is 10.6 Å². The molecule has 1 atom stereocenters. The highest BCUT2D eigenvalue weighted by molar-refractivity contribution is 5.88. The highest BCUT2D eigenvalue weighted by Crippen LogP contribution is 2.28. The van der Waals surface area contributed by atoms with Crippen molar-refractivity contribution in [1.29, 1.82) is 0 Å². The minimum absolute atomic E-state index is 0. The molecular weight excluding hydrogens is 312 g/mol. The Kier molecular flexibility index (Phi) is 5.85. The maximum atomic E-state index is 12.3. The maximum absolute atomic E-state index is 12.3. The number of ether oxygens (including phenoxy) is 1. The zero-order valence-electron chi connectivity index (χ0n) is 13.5. The summed E-state index contributed by atoms with van der Waals surface area (Å²) in [5.74, 6) is 1.43. The van der Waals surface area contributed by atoms with Gasteiger partial charge in [0.15, 0.2) is 0 Å². The maximum Gasteiger partial charge on any atom is 0.223 e. The number of carbonyl (C=O) groups excluding carboxylic acids is 1. The molecule has 124 valence electrons. The van der Waals surface area contributed by atoms with E-state index in [1.165, 1.54) is 0 Å². The van der Waals surface area contributed by atoms with Crippen LogP contribution < -0.4 is 15.4 Å². The first-order chi connectivity index (χ1) is 10.7. The molecule has 1 saturated heterocycles. The second kappa shape index (κ2) is 7.66. The Bertz CT molecular complexity index is 686. The zero-order valence-corrected chi connectivity index (χ0v) is 14.3. The Morgan fingerprint density at radius 2 is 2.04 bits per heavy atom. The molecule has 3 rings (SSSR count). The molecule has 4 nitrogen and oxygen atoms in total. The predicted octanol–water partition coefficient (Wildman–Crippen LogP) is 2.74. The standard InChI is InChI=1S/C18H22N2O2.ClH/c1-12(14-9-19-10-14)18(21)20-11-16-15-6-4-3-5-13(15)7-8-17(16)22-2;/h3-8,12,14,19H,9-11H2,1-2H3,(H,20,21);1H. The second-order valence-electron chi connectivity index (χ2n) is 5.89. The lowest BCUT2D eigenvalue weighted by Gasteiger charge is -2.31. The van der Waals surface area contributed by atoms with Crippen LogP contribution in [0.25, 0.3) is 10.8 Å². The first-order valence-electron chi connectivity index (χ1n) is 7.73. The molecule has 1 heterocycles. The van der Waals surface area contributed by atoms with Gasteiger partial charge in [-0.3, -0.25) is 4.79 Å². The summed E-state index contributed by atoms with van der Waals surface area (Å²) in [4.78, 5) is 12.3. The molecule has 0 radical (unpaired) electrons. The van der Waals surface area contributed by atoms with E-state index in [4.69, 9.17) is 4.74 Å². The van der Waals surface area contributed by atoms with E-state index in [-0.39, 0.29) is 24.2 Å². The smallest absolute Gasteiger partial charge is 0.223 e. The third-order valence-corrected chi connectivity index (χ3v) is 4.59. The molecule has 2 aromatic rings. The molecule has 0 aliphatic carbocycles. The van der Waals surface area contributed by atoms with E-state index < -0.39 is 0 Å². The summed E-state index contributed by atoms with van der Waals surface area (Å²) < 4.78 is 5.46. The predicted molar refractivity (Wildman–Crippen MR) is 95.1 cm³/mol. The van der Waals surface area contributed by atoms with Gasteiger partial charge in [0.2, 0.25) is 5.91 Å². The first kappa shape index (κ1) is 17.6. The minimum atomic E-state index is 0. The highest BCUT2D eigenvalue weighted by Gasteiger charge is 2.28. The molecule has 2 aromatic carbocycles. The van der Waals surface area contributed by atoms with Crippen LogP contribution in [-0.2, 0) is 11.3 Å². The van der Waals surface area contributed by atoms with Crippen molar-refractivity contribution in [3.05, 3.63) is 42.0 Å². The summed E-state index contributed by atoms with van der Waals surface area (Å²) in [5, 5.41) is 8.56. The van der Waals surface area contributed by atoms with Crippen molar-refractivity contribution in [3.63, 3.8) is 0 Å². The van der Waals surface area contributed by atoms with Crippen LogP contribution in [-0.4, -0.2) is 26.1 Å². The van der Waals surface area contributed by atoms with Crippen LogP contribution in [0.3, 0.4) is 0 Å². The molecule has 23 heavy (non-hydrogen) atoms. The van der Waals surface area contributed by atoms with Crippen molar-refractivity contribution < 1.29 is 9.53 Å². The Morgan fingerprint density at radius 1 is 1.30 bits per heavy atom. The number of amides is 1. The van der Waals surface area contributed by atoms with Crippen molar-refractivity contribution in [2.75, 3.05) is 20.2 Å². The molecule has 0 spiro atoms. The van der Waals surface area contributed by atoms with Crippen LogP contribution >= 0.6 is 12.4 Å². The molecule has 1 fully saturated rings. The highest BCUT2D eigenvalue weighted by atomic mass is 35.5. The van der Waals surface area contributed by atoms with Crippen molar-refractivity contribution in [3.8, 4) is 5.75 Å². The Morgan fingerprint density at radius 3 is 2.70 bits per heavy atom. The summed E-state index contributed by atoms with van der Waals surface area (Å²) in [6.07, 6.45) is 0. The fraction of sp³-hybridized carbons (Fsp3) is 0.389. The van der Waals surface area contributed by atoms with E-state index >= 15 is 0 Å². The van der Waals surface area contributed by atoms with Gasteiger partial charge in [-0.2, -0.15) is 0 Å². The number of halogens is 1. The van der Waals surface area contributed by atoms with E-state index in [1.807, 2.05) is 31.2 Å². The topological polar surface area (TPSA) is 50.4 Å². The molecule has 0 aromatic heterocycles. The summed E-state index contributed by atoms with van der Waals surface area (Å²) in [7, 11) is 1.66. The molecule has 0 bridgehead atoms. The first-order valence-corrected chi connectivity index (χ1v) is 7.73. The fourth-order valence-corrected chi connectivity index (χ4v) is 2.90. The van der Waals surface area contributed by atoms with Crippen molar-refractivity contribution >= 4 is 29.1 Å². The molecule has 0 saturated carbocycles. The summed E-state index contributed by atoms with van der Waals surface area (Å²) in [6, 6.07) is 12.2. The van der Waals surface area contributed by atoms with Gasteiger partial charge >= 0.3 is 0 Å². The Balaban J connectivity index is 0.00000192. The van der Waals surface area contributed by atoms with Crippen LogP contribution in [0.15, 0.2) is 36.4 Å². The normalized spacial score (nSPS) is 15.4. The average molecular weight is 335 g/mol. The van der Waals surface area contributed by atoms with Crippen molar-refractivity contribution in [2.45, 2.75) is 13.5 Å². The second-order valence-corrected chi connectivity index (χ2v) is 5.89. The summed E-state index contributed by atoms with van der Waals surface area (Å²) in [6.45, 7) is 4.37. The van der Waals surface area contributed by atoms with Gasteiger partial charge in [-0.15, -0.1) is 12.4 Å². The number of benzene rings is 2. The molecule has 1 aliphatic rings. The Hall–Kier alpha value is -1.78. The zero-order chi connectivity index (χ0) is 15.5. The molecular formula is C18H23ClN2O2. The molecule has 5 heteroatoms. The fourth-order valence-electron chi connectivity index (χ4n) is 2.90. The van der Waals surface area contributed by atoms with Gasteiger partial charge in [0, 0.05) is 18.0 Å². The number of nitrogens with one attached hydrogen (secondary N) is 2. The molecule has 1 unspecified atom stereocenters. The lowest BCUT2D eigenvalue weighted by atomic mass is 9.88. The summed E-state index contributed by atoms with van der Waals surface area (Å²) in [5.41, 5.74) is 1.04. The summed E-state index contributed by atoms with van der Waals surface area (Å²) >= 11 is 0. The van der Waals surface area contributed by atoms with E-state index in [1.54, 1.807) is 7.11 Å². The van der Waals surface area contributed by atoms with Gasteiger partial charge in [0.05, 0.1) is 7.11 Å². The van der Waals surface area contributed by atoms with E-state index in [2.05, 4.69) is 22.8 Å². The van der Waals surface area contributed by atoms with Crippen molar-refractivity contribution in [2.24, 2.45) is 11.8 Å². The number of carbonyl (C=O) groups is 1. The van der Waals surface area contributed by atoms with Gasteiger partial charge in [-0.1, -0.05) is 37.3 Å². The van der Waals surface area contributed by atoms with Gasteiger partial charge in [-0.05, 0) is 35.8 Å². The van der Waals surface area contributed by atoms with E-state index in [0.717, 1.165) is 35.2 Å². The number of hydrogen-bond acceptors (Lipinski definition) is 3. The third-order valence-electron chi connectivity index (χ3n) is 4.59. The van der Waals surface area contributed by atoms with Gasteiger partial charge in [-0.25, -0.2) is 0 Å². The van der Waals surface area contributed by atoms with E-state index in [9.17, 15) is 4.79 Å². The number of rotatable bonds is 5.